The summed E-state index contributed by atoms with van der Waals surface area (Å²) in [6.07, 6.45) is 6.75. The Morgan fingerprint density at radius 3 is 2.72 bits per heavy atom. The zero-order valence-electron chi connectivity index (χ0n) is 17.6. The average Bonchev–Trinajstić information content (AvgIpc) is 2.86. The lowest BCUT2D eigenvalue weighted by Crippen LogP contribution is -2.41. The van der Waals surface area contributed by atoms with Gasteiger partial charge in [0.1, 0.15) is 0 Å². The van der Waals surface area contributed by atoms with Crippen molar-refractivity contribution in [2.45, 2.75) is 75.1 Å². The highest BCUT2D eigenvalue weighted by Crippen LogP contribution is 2.41. The maximum absolute atomic E-state index is 12.9. The molecule has 3 nitrogen and oxygen atoms in total. The molecule has 2 aromatic carbocycles. The zero-order valence-corrected chi connectivity index (χ0v) is 18.4. The van der Waals surface area contributed by atoms with Crippen LogP contribution >= 0.6 is 11.8 Å². The number of carbonyl (C=O) groups excluding carboxylic acids is 1. The van der Waals surface area contributed by atoms with Crippen molar-refractivity contribution in [3.63, 3.8) is 0 Å². The number of hydrogen-bond donors (Lipinski definition) is 1. The van der Waals surface area contributed by atoms with Crippen LogP contribution in [0.2, 0.25) is 0 Å². The van der Waals surface area contributed by atoms with Crippen LogP contribution in [-0.2, 0) is 0 Å². The molecule has 0 aromatic heterocycles. The second-order valence-electron chi connectivity index (χ2n) is 8.43. The number of hydrogen-bond acceptors (Lipinski definition) is 3. The first-order valence-electron chi connectivity index (χ1n) is 10.9. The Labute approximate surface area is 178 Å². The Kier molecular flexibility index (Phi) is 6.09. The minimum atomic E-state index is 0.0291. The van der Waals surface area contributed by atoms with E-state index in [0.717, 1.165) is 35.6 Å². The number of carbonyl (C=O) groups is 1. The summed E-state index contributed by atoms with van der Waals surface area (Å²) in [7, 11) is 0. The maximum atomic E-state index is 12.9. The second-order valence-corrected chi connectivity index (χ2v) is 9.52. The normalized spacial score (nSPS) is 20.9. The number of benzene rings is 2. The van der Waals surface area contributed by atoms with Crippen molar-refractivity contribution < 1.29 is 4.79 Å². The van der Waals surface area contributed by atoms with Crippen molar-refractivity contribution in [2.24, 2.45) is 10.9 Å². The lowest BCUT2D eigenvalue weighted by atomic mass is 9.86. The van der Waals surface area contributed by atoms with Gasteiger partial charge in [-0.1, -0.05) is 56.5 Å². The summed E-state index contributed by atoms with van der Waals surface area (Å²) in [6, 6.07) is 12.9. The van der Waals surface area contributed by atoms with E-state index in [0.29, 0.717) is 11.5 Å². The topological polar surface area (TPSA) is 41.5 Å². The molecule has 4 rings (SSSR count). The first-order valence-corrected chi connectivity index (χ1v) is 11.7. The van der Waals surface area contributed by atoms with Gasteiger partial charge in [-0.3, -0.25) is 9.79 Å². The summed E-state index contributed by atoms with van der Waals surface area (Å²) in [4.78, 5) is 20.3. The molecule has 2 aromatic rings. The minimum absolute atomic E-state index is 0.0291. The molecule has 0 bridgehead atoms. The van der Waals surface area contributed by atoms with Crippen LogP contribution in [0.4, 0.5) is 5.69 Å². The number of rotatable bonds is 4. The quantitative estimate of drug-likeness (QED) is 0.614. The third-order valence-electron chi connectivity index (χ3n) is 6.06. The van der Waals surface area contributed by atoms with E-state index >= 15 is 0 Å². The van der Waals surface area contributed by atoms with Crippen molar-refractivity contribution in [1.82, 2.24) is 5.32 Å². The molecule has 0 radical (unpaired) electrons. The monoisotopic (exact) mass is 406 g/mol. The van der Waals surface area contributed by atoms with Gasteiger partial charge in [-0.05, 0) is 62.4 Å². The molecule has 0 saturated heterocycles. The average molecular weight is 407 g/mol. The number of amides is 1. The van der Waals surface area contributed by atoms with Gasteiger partial charge in [0.15, 0.2) is 0 Å². The van der Waals surface area contributed by atoms with E-state index in [1.165, 1.54) is 35.3 Å². The fourth-order valence-electron chi connectivity index (χ4n) is 4.32. The molecule has 29 heavy (non-hydrogen) atoms. The fourth-order valence-corrected chi connectivity index (χ4v) is 5.33. The van der Waals surface area contributed by atoms with Gasteiger partial charge in [0.25, 0.3) is 5.91 Å². The van der Waals surface area contributed by atoms with E-state index in [9.17, 15) is 4.79 Å². The van der Waals surface area contributed by atoms with Gasteiger partial charge in [0, 0.05) is 32.7 Å². The molecule has 0 spiro atoms. The third-order valence-corrected chi connectivity index (χ3v) is 7.20. The molecule has 1 saturated carbocycles. The molecular weight excluding hydrogens is 376 g/mol. The first-order chi connectivity index (χ1) is 14.0. The van der Waals surface area contributed by atoms with Crippen molar-refractivity contribution >= 4 is 29.1 Å². The van der Waals surface area contributed by atoms with Crippen LogP contribution in [0.5, 0.6) is 0 Å². The van der Waals surface area contributed by atoms with Gasteiger partial charge in [0.05, 0.1) is 5.69 Å². The second kappa shape index (κ2) is 8.74. The van der Waals surface area contributed by atoms with Crippen LogP contribution in [0.1, 0.15) is 73.9 Å². The molecular formula is C25H30N2OS. The summed E-state index contributed by atoms with van der Waals surface area (Å²) in [5.41, 5.74) is 5.23. The molecule has 1 aliphatic heterocycles. The number of fused-ring (bicyclic) bond motifs is 2. The van der Waals surface area contributed by atoms with Crippen LogP contribution in [0.15, 0.2) is 51.2 Å². The van der Waals surface area contributed by atoms with E-state index in [1.54, 1.807) is 11.8 Å². The zero-order chi connectivity index (χ0) is 20.4. The molecule has 152 valence electrons. The van der Waals surface area contributed by atoms with E-state index in [4.69, 9.17) is 4.99 Å². The molecule has 2 aliphatic rings. The smallest absolute Gasteiger partial charge is 0.251 e. The Morgan fingerprint density at radius 1 is 1.14 bits per heavy atom. The predicted octanol–water partition coefficient (Wildman–Crippen LogP) is 6.69. The van der Waals surface area contributed by atoms with Crippen LogP contribution in [0, 0.1) is 12.8 Å². The van der Waals surface area contributed by atoms with Gasteiger partial charge >= 0.3 is 0 Å². The molecule has 1 aliphatic carbocycles. The molecule has 1 amide bonds. The van der Waals surface area contributed by atoms with Gasteiger partial charge in [0.2, 0.25) is 0 Å². The lowest BCUT2D eigenvalue weighted by molar-refractivity contribution is 0.0910. The number of aryl methyl sites for hydroxylation is 1. The first kappa shape index (κ1) is 20.2. The van der Waals surface area contributed by atoms with Crippen molar-refractivity contribution in [2.75, 3.05) is 0 Å². The molecule has 4 heteroatoms. The summed E-state index contributed by atoms with van der Waals surface area (Å²) in [5.74, 6) is 0.581. The maximum Gasteiger partial charge on any atom is 0.251 e. The van der Waals surface area contributed by atoms with Crippen molar-refractivity contribution in [1.29, 1.82) is 0 Å². The Morgan fingerprint density at radius 2 is 1.93 bits per heavy atom. The molecule has 1 fully saturated rings. The molecule has 2 atom stereocenters. The van der Waals surface area contributed by atoms with Crippen molar-refractivity contribution in [3.8, 4) is 0 Å². The Bertz CT molecular complexity index is 950. The summed E-state index contributed by atoms with van der Waals surface area (Å²) in [6.45, 7) is 6.56. The van der Waals surface area contributed by atoms with Crippen LogP contribution in [-0.4, -0.2) is 17.7 Å². The molecule has 1 N–H and O–H groups in total. The van der Waals surface area contributed by atoms with Gasteiger partial charge in [-0.25, -0.2) is 0 Å². The third kappa shape index (κ3) is 4.42. The van der Waals surface area contributed by atoms with E-state index in [1.807, 2.05) is 12.1 Å². The molecule has 1 heterocycles. The van der Waals surface area contributed by atoms with Crippen molar-refractivity contribution in [3.05, 3.63) is 53.1 Å². The summed E-state index contributed by atoms with van der Waals surface area (Å²) < 4.78 is 0. The number of nitrogens with one attached hydrogen (secondary N) is 1. The minimum Gasteiger partial charge on any atom is -0.349 e. The standard InChI is InChI=1S/C25H30N2OS/c1-4-7-21-19-14-16(2)10-12-23(19)29-24-13-11-18(15-22(24)26-21)25(28)27-20-9-6-5-8-17(20)3/h10-15,17,20H,4-9H2,1-3H3,(H,27,28)/t17-,20+/m0/s1. The van der Waals surface area contributed by atoms with Gasteiger partial charge in [-0.15, -0.1) is 0 Å². The summed E-state index contributed by atoms with van der Waals surface area (Å²) in [5, 5.41) is 3.27. The Hall–Kier alpha value is -2.07. The number of nitrogens with zero attached hydrogens (tertiary/aromatic N) is 1. The molecule has 0 unspecified atom stereocenters. The van der Waals surface area contributed by atoms with E-state index in [-0.39, 0.29) is 11.9 Å². The number of aliphatic imine (C=N–C) groups is 1. The van der Waals surface area contributed by atoms with Crippen LogP contribution in [0.25, 0.3) is 0 Å². The largest absolute Gasteiger partial charge is 0.349 e. The SMILES string of the molecule is CCCC1=Nc2cc(C(=O)N[C@@H]3CCCC[C@@H]3C)ccc2Sc2ccc(C)cc21. The van der Waals surface area contributed by atoms with Gasteiger partial charge < -0.3 is 5.32 Å². The van der Waals surface area contributed by atoms with Gasteiger partial charge in [-0.2, -0.15) is 0 Å². The van der Waals surface area contributed by atoms with Crippen LogP contribution in [0.3, 0.4) is 0 Å². The highest BCUT2D eigenvalue weighted by Gasteiger charge is 2.24. The Balaban J connectivity index is 1.65. The highest BCUT2D eigenvalue weighted by atomic mass is 32.2. The fraction of sp³-hybridized carbons (Fsp3) is 0.440. The van der Waals surface area contributed by atoms with E-state index in [2.05, 4.69) is 50.4 Å². The van der Waals surface area contributed by atoms with E-state index < -0.39 is 0 Å². The highest BCUT2D eigenvalue weighted by molar-refractivity contribution is 7.99. The predicted molar refractivity (Wildman–Crippen MR) is 122 cm³/mol. The summed E-state index contributed by atoms with van der Waals surface area (Å²) >= 11 is 1.75. The van der Waals surface area contributed by atoms with Crippen LogP contribution < -0.4 is 5.32 Å². The lowest BCUT2D eigenvalue weighted by Gasteiger charge is -2.29.